The largest absolute Gasteiger partial charge is 0.348 e. The van der Waals surface area contributed by atoms with E-state index in [0.717, 1.165) is 31.5 Å². The number of rotatable bonds is 7. The highest BCUT2D eigenvalue weighted by atomic mass is 32.2. The maximum absolute atomic E-state index is 12.6. The molecule has 0 aliphatic carbocycles. The summed E-state index contributed by atoms with van der Waals surface area (Å²) in [4.78, 5) is 15.0. The van der Waals surface area contributed by atoms with E-state index in [9.17, 15) is 13.2 Å². The molecule has 6 nitrogen and oxygen atoms in total. The molecular weight excluding hydrogens is 362 g/mol. The van der Waals surface area contributed by atoms with E-state index in [4.69, 9.17) is 0 Å². The summed E-state index contributed by atoms with van der Waals surface area (Å²) in [6.45, 7) is 3.52. The van der Waals surface area contributed by atoms with Crippen molar-refractivity contribution in [2.24, 2.45) is 0 Å². The number of hydrogen-bond donors (Lipinski definition) is 2. The number of benzene rings is 2. The molecule has 0 atom stereocenters. The number of carbonyl (C=O) groups is 1. The summed E-state index contributed by atoms with van der Waals surface area (Å²) in [7, 11) is -3.46. The standard InChI is InChI=1S/C20H25N3O3S/c1-27(25,26)22-19-11-5-4-10-18(19)20(24)21-14-16-8-2-3-9-17(16)15-23-12-6-7-13-23/h2-5,8-11,22H,6-7,12-15H2,1H3,(H,21,24). The molecule has 7 heteroatoms. The molecule has 2 aromatic rings. The fourth-order valence-electron chi connectivity index (χ4n) is 3.31. The number of nitrogens with zero attached hydrogens (tertiary/aromatic N) is 1. The lowest BCUT2D eigenvalue weighted by molar-refractivity contribution is 0.0951. The van der Waals surface area contributed by atoms with Crippen molar-refractivity contribution in [1.82, 2.24) is 10.2 Å². The van der Waals surface area contributed by atoms with Gasteiger partial charge in [0.15, 0.2) is 0 Å². The number of nitrogens with one attached hydrogen (secondary N) is 2. The molecule has 1 aliphatic heterocycles. The Bertz CT molecular complexity index is 906. The van der Waals surface area contributed by atoms with Crippen LogP contribution in [-0.2, 0) is 23.1 Å². The Morgan fingerprint density at radius 3 is 2.33 bits per heavy atom. The molecular formula is C20H25N3O3S. The Hall–Kier alpha value is -2.38. The maximum Gasteiger partial charge on any atom is 0.253 e. The van der Waals surface area contributed by atoms with E-state index in [2.05, 4.69) is 21.0 Å². The molecule has 144 valence electrons. The molecule has 0 radical (unpaired) electrons. The summed E-state index contributed by atoms with van der Waals surface area (Å²) in [5.74, 6) is -0.308. The summed E-state index contributed by atoms with van der Waals surface area (Å²) in [5.41, 5.74) is 2.87. The van der Waals surface area contributed by atoms with Crippen LogP contribution in [0.15, 0.2) is 48.5 Å². The van der Waals surface area contributed by atoms with Crippen molar-refractivity contribution in [3.05, 3.63) is 65.2 Å². The van der Waals surface area contributed by atoms with Gasteiger partial charge in [0.1, 0.15) is 0 Å². The predicted molar refractivity (Wildman–Crippen MR) is 107 cm³/mol. The molecule has 3 rings (SSSR count). The number of hydrogen-bond acceptors (Lipinski definition) is 4. The van der Waals surface area contributed by atoms with Crippen molar-refractivity contribution in [1.29, 1.82) is 0 Å². The number of likely N-dealkylation sites (tertiary alicyclic amines) is 1. The summed E-state index contributed by atoms with van der Waals surface area (Å²) >= 11 is 0. The van der Waals surface area contributed by atoms with Gasteiger partial charge in [-0.15, -0.1) is 0 Å². The first-order chi connectivity index (χ1) is 12.9. The van der Waals surface area contributed by atoms with Crippen LogP contribution in [-0.4, -0.2) is 38.6 Å². The first-order valence-corrected chi connectivity index (χ1v) is 11.0. The van der Waals surface area contributed by atoms with Gasteiger partial charge in [0.25, 0.3) is 5.91 Å². The van der Waals surface area contributed by atoms with Gasteiger partial charge in [-0.1, -0.05) is 36.4 Å². The molecule has 0 aromatic heterocycles. The van der Waals surface area contributed by atoms with Gasteiger partial charge in [0.2, 0.25) is 10.0 Å². The SMILES string of the molecule is CS(=O)(=O)Nc1ccccc1C(=O)NCc1ccccc1CN1CCCC1. The Kier molecular flexibility index (Phi) is 6.13. The second-order valence-corrected chi connectivity index (χ2v) is 8.60. The van der Waals surface area contributed by atoms with E-state index in [1.54, 1.807) is 24.3 Å². The summed E-state index contributed by atoms with van der Waals surface area (Å²) in [5, 5.41) is 2.91. The third kappa shape index (κ3) is 5.55. The lowest BCUT2D eigenvalue weighted by Gasteiger charge is -2.18. The zero-order valence-corrected chi connectivity index (χ0v) is 16.3. The highest BCUT2D eigenvalue weighted by Gasteiger charge is 2.16. The lowest BCUT2D eigenvalue weighted by Crippen LogP contribution is -2.26. The van der Waals surface area contributed by atoms with Gasteiger partial charge in [-0.3, -0.25) is 14.4 Å². The van der Waals surface area contributed by atoms with E-state index in [0.29, 0.717) is 12.1 Å². The van der Waals surface area contributed by atoms with Gasteiger partial charge in [-0.2, -0.15) is 0 Å². The fourth-order valence-corrected chi connectivity index (χ4v) is 3.88. The number of sulfonamides is 1. The van der Waals surface area contributed by atoms with Crippen molar-refractivity contribution in [2.45, 2.75) is 25.9 Å². The summed E-state index contributed by atoms with van der Waals surface area (Å²) in [6, 6.07) is 14.7. The van der Waals surface area contributed by atoms with Gasteiger partial charge in [0.05, 0.1) is 17.5 Å². The van der Waals surface area contributed by atoms with Crippen LogP contribution in [0.3, 0.4) is 0 Å². The summed E-state index contributed by atoms with van der Waals surface area (Å²) in [6.07, 6.45) is 3.54. The van der Waals surface area contributed by atoms with Crippen LogP contribution in [0.1, 0.15) is 34.3 Å². The van der Waals surface area contributed by atoms with Crippen LogP contribution in [0, 0.1) is 0 Å². The minimum absolute atomic E-state index is 0.280. The quantitative estimate of drug-likeness (QED) is 0.765. The van der Waals surface area contributed by atoms with Crippen LogP contribution >= 0.6 is 0 Å². The van der Waals surface area contributed by atoms with Crippen LogP contribution in [0.5, 0.6) is 0 Å². The zero-order chi connectivity index (χ0) is 19.3. The zero-order valence-electron chi connectivity index (χ0n) is 15.4. The van der Waals surface area contributed by atoms with Crippen molar-refractivity contribution < 1.29 is 13.2 Å². The van der Waals surface area contributed by atoms with E-state index < -0.39 is 10.0 Å². The molecule has 27 heavy (non-hydrogen) atoms. The van der Waals surface area contributed by atoms with Crippen molar-refractivity contribution in [3.8, 4) is 0 Å². The molecule has 1 heterocycles. The normalized spacial score (nSPS) is 14.9. The average molecular weight is 388 g/mol. The van der Waals surface area contributed by atoms with E-state index in [1.807, 2.05) is 18.2 Å². The molecule has 2 N–H and O–H groups in total. The second kappa shape index (κ2) is 8.54. The third-order valence-electron chi connectivity index (χ3n) is 4.62. The topological polar surface area (TPSA) is 78.5 Å². The highest BCUT2D eigenvalue weighted by Crippen LogP contribution is 2.18. The fraction of sp³-hybridized carbons (Fsp3) is 0.350. The minimum atomic E-state index is -3.46. The Morgan fingerprint density at radius 2 is 1.63 bits per heavy atom. The first kappa shape index (κ1) is 19.4. The molecule has 0 saturated carbocycles. The lowest BCUT2D eigenvalue weighted by atomic mass is 10.1. The van der Waals surface area contributed by atoms with Crippen molar-refractivity contribution in [3.63, 3.8) is 0 Å². The minimum Gasteiger partial charge on any atom is -0.348 e. The number of amides is 1. The number of carbonyl (C=O) groups excluding carboxylic acids is 1. The van der Waals surface area contributed by atoms with Crippen LogP contribution in [0.4, 0.5) is 5.69 Å². The van der Waals surface area contributed by atoms with Gasteiger partial charge in [-0.25, -0.2) is 8.42 Å². The van der Waals surface area contributed by atoms with Gasteiger partial charge in [-0.05, 0) is 49.2 Å². The molecule has 1 aliphatic rings. The Labute approximate surface area is 160 Å². The summed E-state index contributed by atoms with van der Waals surface area (Å²) < 4.78 is 25.4. The average Bonchev–Trinajstić information content (AvgIpc) is 3.13. The van der Waals surface area contributed by atoms with Gasteiger partial charge < -0.3 is 5.32 Å². The van der Waals surface area contributed by atoms with Crippen LogP contribution in [0.25, 0.3) is 0 Å². The van der Waals surface area contributed by atoms with E-state index >= 15 is 0 Å². The van der Waals surface area contributed by atoms with Crippen molar-refractivity contribution in [2.75, 3.05) is 24.1 Å². The van der Waals surface area contributed by atoms with Crippen LogP contribution < -0.4 is 10.0 Å². The van der Waals surface area contributed by atoms with Gasteiger partial charge >= 0.3 is 0 Å². The Balaban J connectivity index is 1.70. The predicted octanol–water partition coefficient (Wildman–Crippen LogP) is 2.58. The van der Waals surface area contributed by atoms with Crippen molar-refractivity contribution >= 4 is 21.6 Å². The molecule has 0 unspecified atom stereocenters. The van der Waals surface area contributed by atoms with E-state index in [-0.39, 0.29) is 11.6 Å². The first-order valence-electron chi connectivity index (χ1n) is 9.06. The molecule has 1 amide bonds. The van der Waals surface area contributed by atoms with Gasteiger partial charge in [0, 0.05) is 13.1 Å². The highest BCUT2D eigenvalue weighted by molar-refractivity contribution is 7.92. The molecule has 0 bridgehead atoms. The molecule has 0 spiro atoms. The molecule has 1 saturated heterocycles. The second-order valence-electron chi connectivity index (χ2n) is 6.85. The monoisotopic (exact) mass is 387 g/mol. The molecule has 1 fully saturated rings. The smallest absolute Gasteiger partial charge is 0.253 e. The van der Waals surface area contributed by atoms with E-state index in [1.165, 1.54) is 18.4 Å². The number of anilines is 1. The number of para-hydroxylation sites is 1. The molecule has 2 aromatic carbocycles. The maximum atomic E-state index is 12.6. The van der Waals surface area contributed by atoms with Crippen LogP contribution in [0.2, 0.25) is 0 Å². The Morgan fingerprint density at radius 1 is 1.00 bits per heavy atom. The third-order valence-corrected chi connectivity index (χ3v) is 5.21.